The maximum atomic E-state index is 11.8. The van der Waals surface area contributed by atoms with Gasteiger partial charge in [-0.3, -0.25) is 4.79 Å². The van der Waals surface area contributed by atoms with Crippen LogP contribution in [0.4, 0.5) is 11.5 Å². The zero-order valence-electron chi connectivity index (χ0n) is 13.9. The molecule has 0 fully saturated rings. The molecule has 0 radical (unpaired) electrons. The molecule has 0 aliphatic rings. The third-order valence-electron chi connectivity index (χ3n) is 3.45. The van der Waals surface area contributed by atoms with Crippen molar-refractivity contribution in [3.8, 4) is 5.75 Å². The van der Waals surface area contributed by atoms with Gasteiger partial charge in [-0.1, -0.05) is 35.5 Å². The van der Waals surface area contributed by atoms with Crippen LogP contribution in [0.5, 0.6) is 5.75 Å². The van der Waals surface area contributed by atoms with Crippen molar-refractivity contribution in [1.82, 2.24) is 5.16 Å². The zero-order chi connectivity index (χ0) is 17.5. The monoisotopic (exact) mass is 337 g/mol. The van der Waals surface area contributed by atoms with E-state index < -0.39 is 0 Å². The van der Waals surface area contributed by atoms with Crippen molar-refractivity contribution in [1.29, 1.82) is 0 Å². The third-order valence-corrected chi connectivity index (χ3v) is 3.45. The molecule has 0 aliphatic carbocycles. The van der Waals surface area contributed by atoms with Gasteiger partial charge in [-0.25, -0.2) is 0 Å². The van der Waals surface area contributed by atoms with Gasteiger partial charge in [0.2, 0.25) is 5.91 Å². The first-order valence-electron chi connectivity index (χ1n) is 7.93. The summed E-state index contributed by atoms with van der Waals surface area (Å²) in [6.45, 7) is 2.42. The van der Waals surface area contributed by atoms with Gasteiger partial charge >= 0.3 is 0 Å². The van der Waals surface area contributed by atoms with Gasteiger partial charge in [0, 0.05) is 11.8 Å². The Morgan fingerprint density at radius 1 is 1.12 bits per heavy atom. The highest BCUT2D eigenvalue weighted by atomic mass is 16.5. The number of nitrogens with one attached hydrogen (secondary N) is 2. The molecule has 1 aromatic heterocycles. The minimum absolute atomic E-state index is 0.135. The lowest BCUT2D eigenvalue weighted by Crippen LogP contribution is -2.21. The number of benzene rings is 2. The van der Waals surface area contributed by atoms with Crippen molar-refractivity contribution in [3.05, 3.63) is 72.0 Å². The number of ether oxygens (including phenoxy) is 1. The number of amides is 1. The highest BCUT2D eigenvalue weighted by molar-refractivity contribution is 5.92. The van der Waals surface area contributed by atoms with Crippen LogP contribution < -0.4 is 15.4 Å². The molecule has 0 aliphatic heterocycles. The quantitative estimate of drug-likeness (QED) is 0.689. The van der Waals surface area contributed by atoms with Crippen LogP contribution >= 0.6 is 0 Å². The van der Waals surface area contributed by atoms with Gasteiger partial charge < -0.3 is 19.9 Å². The number of aromatic nitrogens is 1. The van der Waals surface area contributed by atoms with Crippen molar-refractivity contribution < 1.29 is 14.1 Å². The number of carbonyl (C=O) groups excluding carboxylic acids is 1. The summed E-state index contributed by atoms with van der Waals surface area (Å²) in [5.41, 5.74) is 1.95. The number of hydrogen-bond donors (Lipinski definition) is 2. The molecule has 0 atom stereocenters. The van der Waals surface area contributed by atoms with E-state index in [1.165, 1.54) is 0 Å². The Morgan fingerprint density at radius 3 is 2.56 bits per heavy atom. The van der Waals surface area contributed by atoms with Crippen molar-refractivity contribution in [2.45, 2.75) is 13.5 Å². The Kier molecular flexibility index (Phi) is 5.31. The van der Waals surface area contributed by atoms with E-state index in [0.717, 1.165) is 17.0 Å². The maximum absolute atomic E-state index is 11.8. The third kappa shape index (κ3) is 5.10. The molecule has 0 saturated heterocycles. The first-order chi connectivity index (χ1) is 12.2. The van der Waals surface area contributed by atoms with E-state index in [4.69, 9.17) is 9.26 Å². The Labute approximate surface area is 145 Å². The SMILES string of the molecule is Cc1cc(NC(=O)CNc2ccc(OCc3ccccc3)cc2)no1. The number of aryl methyl sites for hydroxylation is 1. The lowest BCUT2D eigenvalue weighted by Gasteiger charge is -2.09. The molecule has 3 rings (SSSR count). The Morgan fingerprint density at radius 2 is 1.88 bits per heavy atom. The van der Waals surface area contributed by atoms with Crippen molar-refractivity contribution in [2.75, 3.05) is 17.2 Å². The molecule has 25 heavy (non-hydrogen) atoms. The fourth-order valence-corrected chi connectivity index (χ4v) is 2.20. The summed E-state index contributed by atoms with van der Waals surface area (Å²) in [6.07, 6.45) is 0. The first kappa shape index (κ1) is 16.6. The fourth-order valence-electron chi connectivity index (χ4n) is 2.20. The number of rotatable bonds is 7. The van der Waals surface area contributed by atoms with Gasteiger partial charge in [0.15, 0.2) is 5.82 Å². The zero-order valence-corrected chi connectivity index (χ0v) is 13.9. The average molecular weight is 337 g/mol. The molecule has 3 aromatic rings. The van der Waals surface area contributed by atoms with Gasteiger partial charge in [0.1, 0.15) is 18.1 Å². The highest BCUT2D eigenvalue weighted by Crippen LogP contribution is 2.17. The van der Waals surface area contributed by atoms with Gasteiger partial charge in [-0.05, 0) is 36.8 Å². The van der Waals surface area contributed by atoms with Gasteiger partial charge in [-0.15, -0.1) is 0 Å². The van der Waals surface area contributed by atoms with Crippen molar-refractivity contribution in [3.63, 3.8) is 0 Å². The minimum Gasteiger partial charge on any atom is -0.489 e. The summed E-state index contributed by atoms with van der Waals surface area (Å²) in [7, 11) is 0. The highest BCUT2D eigenvalue weighted by Gasteiger charge is 2.06. The van der Waals surface area contributed by atoms with E-state index in [0.29, 0.717) is 18.2 Å². The largest absolute Gasteiger partial charge is 0.489 e. The van der Waals surface area contributed by atoms with Crippen LogP contribution in [0.2, 0.25) is 0 Å². The summed E-state index contributed by atoms with van der Waals surface area (Å²) in [5.74, 6) is 1.64. The molecule has 0 saturated carbocycles. The van der Waals surface area contributed by atoms with E-state index in [2.05, 4.69) is 15.8 Å². The molecular weight excluding hydrogens is 318 g/mol. The summed E-state index contributed by atoms with van der Waals surface area (Å²) in [5, 5.41) is 9.41. The van der Waals surface area contributed by atoms with Gasteiger partial charge in [-0.2, -0.15) is 0 Å². The van der Waals surface area contributed by atoms with E-state index in [-0.39, 0.29) is 12.5 Å². The van der Waals surface area contributed by atoms with Gasteiger partial charge in [0.05, 0.1) is 6.54 Å². The number of carbonyl (C=O) groups is 1. The molecule has 2 aromatic carbocycles. The second-order valence-electron chi connectivity index (χ2n) is 5.52. The summed E-state index contributed by atoms with van der Waals surface area (Å²) in [4.78, 5) is 11.8. The molecule has 1 amide bonds. The number of nitrogens with zero attached hydrogens (tertiary/aromatic N) is 1. The second-order valence-corrected chi connectivity index (χ2v) is 5.52. The fraction of sp³-hybridized carbons (Fsp3) is 0.158. The van der Waals surface area contributed by atoms with E-state index in [1.807, 2.05) is 54.6 Å². The Balaban J connectivity index is 1.45. The lowest BCUT2D eigenvalue weighted by molar-refractivity contribution is -0.114. The molecule has 128 valence electrons. The van der Waals surface area contributed by atoms with E-state index in [9.17, 15) is 4.79 Å². The van der Waals surface area contributed by atoms with Crippen molar-refractivity contribution in [2.24, 2.45) is 0 Å². The normalized spacial score (nSPS) is 10.3. The van der Waals surface area contributed by atoms with E-state index >= 15 is 0 Å². The summed E-state index contributed by atoms with van der Waals surface area (Å²) < 4.78 is 10.6. The van der Waals surface area contributed by atoms with Crippen LogP contribution in [-0.2, 0) is 11.4 Å². The molecule has 0 bridgehead atoms. The molecule has 0 unspecified atom stereocenters. The Hall–Kier alpha value is -3.28. The molecule has 6 heteroatoms. The van der Waals surface area contributed by atoms with Crippen LogP contribution in [0.1, 0.15) is 11.3 Å². The topological polar surface area (TPSA) is 76.4 Å². The van der Waals surface area contributed by atoms with Crippen LogP contribution in [0.15, 0.2) is 65.2 Å². The second kappa shape index (κ2) is 8.01. The Bertz CT molecular complexity index is 813. The van der Waals surface area contributed by atoms with Crippen LogP contribution in [0, 0.1) is 6.92 Å². The van der Waals surface area contributed by atoms with Gasteiger partial charge in [0.25, 0.3) is 0 Å². The molecule has 2 N–H and O–H groups in total. The maximum Gasteiger partial charge on any atom is 0.244 e. The molecule has 0 spiro atoms. The van der Waals surface area contributed by atoms with Crippen LogP contribution in [0.3, 0.4) is 0 Å². The van der Waals surface area contributed by atoms with Crippen LogP contribution in [-0.4, -0.2) is 17.6 Å². The molecule has 1 heterocycles. The van der Waals surface area contributed by atoms with Crippen molar-refractivity contribution >= 4 is 17.4 Å². The minimum atomic E-state index is -0.197. The summed E-state index contributed by atoms with van der Waals surface area (Å²) >= 11 is 0. The number of anilines is 2. The van der Waals surface area contributed by atoms with E-state index in [1.54, 1.807) is 13.0 Å². The average Bonchev–Trinajstić information content (AvgIpc) is 3.04. The summed E-state index contributed by atoms with van der Waals surface area (Å²) in [6, 6.07) is 19.1. The standard InChI is InChI=1S/C19H19N3O3/c1-14-11-18(22-25-14)21-19(23)12-20-16-7-9-17(10-8-16)24-13-15-5-3-2-4-6-15/h2-11,20H,12-13H2,1H3,(H,21,22,23). The predicted molar refractivity (Wildman–Crippen MR) is 95.6 cm³/mol. The first-order valence-corrected chi connectivity index (χ1v) is 7.93. The molecule has 6 nitrogen and oxygen atoms in total. The smallest absolute Gasteiger partial charge is 0.244 e. The predicted octanol–water partition coefficient (Wildman–Crippen LogP) is 3.61. The lowest BCUT2D eigenvalue weighted by atomic mass is 10.2. The van der Waals surface area contributed by atoms with Crippen LogP contribution in [0.25, 0.3) is 0 Å². The molecular formula is C19H19N3O3. The number of hydrogen-bond acceptors (Lipinski definition) is 5.